The van der Waals surface area contributed by atoms with Gasteiger partial charge in [-0.2, -0.15) is 13.2 Å². The molecule has 2 amide bonds. The number of hydrogen-bond donors (Lipinski definition) is 2. The number of alkyl halides is 3. The Hall–Kier alpha value is -2.54. The molecule has 1 aliphatic heterocycles. The average Bonchev–Trinajstić information content (AvgIpc) is 2.64. The number of carbonyl (C=O) groups excluding carboxylic acids is 1. The van der Waals surface area contributed by atoms with Crippen LogP contribution in [0.4, 0.5) is 23.7 Å². The third-order valence-corrected chi connectivity index (χ3v) is 4.62. The standard InChI is InChI=1S/C20H22F3N3O/c21-20(22,23)16-7-4-8-18(13-16)25-19(27)24-17-9-11-26(12-10-17)14-15-5-2-1-3-6-15/h1-8,13,17H,9-12,14H2,(H2,24,25,27). The zero-order valence-electron chi connectivity index (χ0n) is 14.8. The van der Waals surface area contributed by atoms with E-state index in [0.29, 0.717) is 0 Å². The number of carbonyl (C=O) groups is 1. The summed E-state index contributed by atoms with van der Waals surface area (Å²) in [5.74, 6) is 0. The number of halogens is 3. The van der Waals surface area contributed by atoms with Crippen molar-refractivity contribution < 1.29 is 18.0 Å². The fraction of sp³-hybridized carbons (Fsp3) is 0.350. The van der Waals surface area contributed by atoms with E-state index in [1.807, 2.05) is 18.2 Å². The molecule has 0 spiro atoms. The molecule has 1 saturated heterocycles. The first-order valence-electron chi connectivity index (χ1n) is 8.91. The highest BCUT2D eigenvalue weighted by atomic mass is 19.4. The van der Waals surface area contributed by atoms with Crippen molar-refractivity contribution in [2.45, 2.75) is 31.6 Å². The zero-order valence-corrected chi connectivity index (χ0v) is 14.8. The van der Waals surface area contributed by atoms with Gasteiger partial charge in [0, 0.05) is 31.4 Å². The van der Waals surface area contributed by atoms with Crippen molar-refractivity contribution in [1.82, 2.24) is 10.2 Å². The molecule has 7 heteroatoms. The summed E-state index contributed by atoms with van der Waals surface area (Å²) >= 11 is 0. The molecule has 1 heterocycles. The first-order valence-corrected chi connectivity index (χ1v) is 8.91. The molecular weight excluding hydrogens is 355 g/mol. The summed E-state index contributed by atoms with van der Waals surface area (Å²) in [5, 5.41) is 5.34. The first kappa shape index (κ1) is 19.2. The summed E-state index contributed by atoms with van der Waals surface area (Å²) in [4.78, 5) is 14.4. The number of nitrogens with one attached hydrogen (secondary N) is 2. The van der Waals surface area contributed by atoms with Crippen LogP contribution in [0.5, 0.6) is 0 Å². The molecule has 0 atom stereocenters. The summed E-state index contributed by atoms with van der Waals surface area (Å²) in [6.07, 6.45) is -2.81. The molecule has 0 bridgehead atoms. The monoisotopic (exact) mass is 377 g/mol. The van der Waals surface area contributed by atoms with Gasteiger partial charge in [-0.25, -0.2) is 4.79 Å². The zero-order chi connectivity index (χ0) is 19.3. The van der Waals surface area contributed by atoms with Gasteiger partial charge in [-0.1, -0.05) is 36.4 Å². The fourth-order valence-corrected chi connectivity index (χ4v) is 3.20. The van der Waals surface area contributed by atoms with Crippen molar-refractivity contribution in [2.24, 2.45) is 0 Å². The molecule has 0 aromatic heterocycles. The van der Waals surface area contributed by atoms with Crippen molar-refractivity contribution in [3.63, 3.8) is 0 Å². The van der Waals surface area contributed by atoms with Crippen LogP contribution in [-0.2, 0) is 12.7 Å². The van der Waals surface area contributed by atoms with Gasteiger partial charge in [-0.05, 0) is 36.6 Å². The van der Waals surface area contributed by atoms with Gasteiger partial charge in [0.2, 0.25) is 0 Å². The van der Waals surface area contributed by atoms with E-state index in [9.17, 15) is 18.0 Å². The number of urea groups is 1. The third kappa shape index (κ3) is 5.72. The maximum atomic E-state index is 12.7. The molecule has 144 valence electrons. The number of benzene rings is 2. The molecule has 0 aliphatic carbocycles. The number of amides is 2. The van der Waals surface area contributed by atoms with E-state index in [0.717, 1.165) is 44.6 Å². The van der Waals surface area contributed by atoms with Gasteiger partial charge < -0.3 is 10.6 Å². The number of likely N-dealkylation sites (tertiary alicyclic amines) is 1. The summed E-state index contributed by atoms with van der Waals surface area (Å²) < 4.78 is 38.2. The van der Waals surface area contributed by atoms with Crippen LogP contribution in [0.25, 0.3) is 0 Å². The van der Waals surface area contributed by atoms with Crippen LogP contribution in [0.1, 0.15) is 24.0 Å². The maximum Gasteiger partial charge on any atom is 0.416 e. The Labute approximate surface area is 156 Å². The number of rotatable bonds is 4. The Balaban J connectivity index is 1.46. The minimum atomic E-state index is -4.43. The SMILES string of the molecule is O=C(Nc1cccc(C(F)(F)F)c1)NC1CCN(Cc2ccccc2)CC1. The largest absolute Gasteiger partial charge is 0.416 e. The van der Waals surface area contributed by atoms with Crippen molar-refractivity contribution in [3.05, 3.63) is 65.7 Å². The van der Waals surface area contributed by atoms with E-state index < -0.39 is 17.8 Å². The van der Waals surface area contributed by atoms with Crippen LogP contribution in [0.15, 0.2) is 54.6 Å². The first-order chi connectivity index (χ1) is 12.9. The molecule has 4 nitrogen and oxygen atoms in total. The summed E-state index contributed by atoms with van der Waals surface area (Å²) in [6, 6.07) is 14.4. The summed E-state index contributed by atoms with van der Waals surface area (Å²) in [5.41, 5.74) is 0.601. The number of nitrogens with zero attached hydrogens (tertiary/aromatic N) is 1. The van der Waals surface area contributed by atoms with E-state index >= 15 is 0 Å². The molecule has 1 aliphatic rings. The van der Waals surface area contributed by atoms with Gasteiger partial charge in [0.1, 0.15) is 0 Å². The Morgan fingerprint density at radius 3 is 2.41 bits per heavy atom. The summed E-state index contributed by atoms with van der Waals surface area (Å²) in [6.45, 7) is 2.61. The van der Waals surface area contributed by atoms with Gasteiger partial charge >= 0.3 is 12.2 Å². The normalized spacial score (nSPS) is 16.1. The number of anilines is 1. The lowest BCUT2D eigenvalue weighted by Crippen LogP contribution is -2.45. The average molecular weight is 377 g/mol. The summed E-state index contributed by atoms with van der Waals surface area (Å²) in [7, 11) is 0. The van der Waals surface area contributed by atoms with Crippen LogP contribution in [0.2, 0.25) is 0 Å². The lowest BCUT2D eigenvalue weighted by atomic mass is 10.0. The van der Waals surface area contributed by atoms with Crippen LogP contribution in [0, 0.1) is 0 Å². The topological polar surface area (TPSA) is 44.4 Å². The second kappa shape index (κ2) is 8.43. The Morgan fingerprint density at radius 2 is 1.74 bits per heavy atom. The molecule has 0 unspecified atom stereocenters. The van der Waals surface area contributed by atoms with Crippen molar-refractivity contribution >= 4 is 11.7 Å². The highest BCUT2D eigenvalue weighted by Gasteiger charge is 2.30. The number of piperidine rings is 1. The fourth-order valence-electron chi connectivity index (χ4n) is 3.20. The van der Waals surface area contributed by atoms with Crippen LogP contribution in [-0.4, -0.2) is 30.1 Å². The third-order valence-electron chi connectivity index (χ3n) is 4.62. The predicted molar refractivity (Wildman–Crippen MR) is 98.3 cm³/mol. The second-order valence-corrected chi connectivity index (χ2v) is 6.71. The quantitative estimate of drug-likeness (QED) is 0.825. The van der Waals surface area contributed by atoms with Gasteiger partial charge in [0.15, 0.2) is 0 Å². The highest BCUT2D eigenvalue weighted by Crippen LogP contribution is 2.30. The Bertz CT molecular complexity index is 757. The van der Waals surface area contributed by atoms with E-state index in [2.05, 4.69) is 27.7 Å². The van der Waals surface area contributed by atoms with E-state index in [4.69, 9.17) is 0 Å². The minimum Gasteiger partial charge on any atom is -0.335 e. The smallest absolute Gasteiger partial charge is 0.335 e. The maximum absolute atomic E-state index is 12.7. The lowest BCUT2D eigenvalue weighted by molar-refractivity contribution is -0.137. The molecule has 2 aromatic carbocycles. The lowest BCUT2D eigenvalue weighted by Gasteiger charge is -2.32. The van der Waals surface area contributed by atoms with Gasteiger partial charge in [-0.3, -0.25) is 4.90 Å². The van der Waals surface area contributed by atoms with Crippen molar-refractivity contribution in [3.8, 4) is 0 Å². The van der Waals surface area contributed by atoms with E-state index in [-0.39, 0.29) is 11.7 Å². The minimum absolute atomic E-state index is 0.0165. The van der Waals surface area contributed by atoms with Crippen LogP contribution in [0.3, 0.4) is 0 Å². The highest BCUT2D eigenvalue weighted by molar-refractivity contribution is 5.89. The van der Waals surface area contributed by atoms with Gasteiger partial charge in [-0.15, -0.1) is 0 Å². The Morgan fingerprint density at radius 1 is 1.04 bits per heavy atom. The predicted octanol–water partition coefficient (Wildman–Crippen LogP) is 4.49. The molecule has 0 saturated carbocycles. The Kier molecular flexibility index (Phi) is 6.01. The van der Waals surface area contributed by atoms with Crippen molar-refractivity contribution in [1.29, 1.82) is 0 Å². The molecule has 1 fully saturated rings. The molecule has 2 N–H and O–H groups in total. The van der Waals surface area contributed by atoms with Gasteiger partial charge in [0.25, 0.3) is 0 Å². The van der Waals surface area contributed by atoms with Crippen molar-refractivity contribution in [2.75, 3.05) is 18.4 Å². The number of hydrogen-bond acceptors (Lipinski definition) is 2. The molecule has 27 heavy (non-hydrogen) atoms. The van der Waals surface area contributed by atoms with Gasteiger partial charge in [0.05, 0.1) is 5.56 Å². The molecule has 0 radical (unpaired) electrons. The van der Waals surface area contributed by atoms with Crippen LogP contribution >= 0.6 is 0 Å². The molecule has 2 aromatic rings. The molecule has 3 rings (SSSR count). The molecular formula is C20H22F3N3O. The second-order valence-electron chi connectivity index (χ2n) is 6.71. The van der Waals surface area contributed by atoms with E-state index in [1.165, 1.54) is 17.7 Å². The van der Waals surface area contributed by atoms with Crippen LogP contribution < -0.4 is 10.6 Å². The van der Waals surface area contributed by atoms with E-state index in [1.54, 1.807) is 0 Å².